The molecule has 1 aromatic rings. The van der Waals surface area contributed by atoms with Crippen LogP contribution in [0.3, 0.4) is 0 Å². The fourth-order valence-electron chi connectivity index (χ4n) is 9.13. The van der Waals surface area contributed by atoms with Gasteiger partial charge in [-0.3, -0.25) is 19.2 Å². The number of aliphatic carboxylic acids is 4. The minimum atomic E-state index is -0.930. The summed E-state index contributed by atoms with van der Waals surface area (Å²) in [6.45, 7) is 9.17. The van der Waals surface area contributed by atoms with E-state index >= 15 is 0 Å². The van der Waals surface area contributed by atoms with E-state index < -0.39 is 45.5 Å². The van der Waals surface area contributed by atoms with E-state index in [4.69, 9.17) is 0 Å². The highest BCUT2D eigenvalue weighted by atomic mass is 16.4. The van der Waals surface area contributed by atoms with Gasteiger partial charge in [0.25, 0.3) is 0 Å². The average Bonchev–Trinajstić information content (AvgIpc) is 4.06. The molecule has 57 heavy (non-hydrogen) atoms. The number of aliphatic hydroxyl groups is 1. The summed E-state index contributed by atoms with van der Waals surface area (Å²) >= 11 is 0. The fourth-order valence-corrected chi connectivity index (χ4v) is 9.13. The van der Waals surface area contributed by atoms with E-state index in [1.807, 2.05) is 18.2 Å². The SMILES string of the molecule is CC(C)(CCCCc1cc(C2CC2(CCCCCC2(C)C=CC(O)=CC2CCCCC(C)(C)C(=O)O)C(=O)O)c(O)cc1CCCCCC1(C(=O)O)CC1)C(=O)O. The number of carbonyl (C=O) groups is 4. The number of phenols is 1. The van der Waals surface area contributed by atoms with Gasteiger partial charge in [-0.25, -0.2) is 0 Å². The molecule has 4 unspecified atom stereocenters. The number of unbranched alkanes of at least 4 members (excludes halogenated alkanes) is 6. The van der Waals surface area contributed by atoms with E-state index in [9.17, 15) is 49.8 Å². The lowest BCUT2D eigenvalue weighted by Gasteiger charge is -2.36. The summed E-state index contributed by atoms with van der Waals surface area (Å²) in [4.78, 5) is 47.6. The van der Waals surface area contributed by atoms with Crippen molar-refractivity contribution in [2.24, 2.45) is 33.0 Å². The Bertz CT molecular complexity index is 1670. The molecule has 0 heterocycles. The van der Waals surface area contributed by atoms with Crippen LogP contribution in [0.4, 0.5) is 0 Å². The maximum atomic E-state index is 12.8. The van der Waals surface area contributed by atoms with Gasteiger partial charge < -0.3 is 30.6 Å². The van der Waals surface area contributed by atoms with E-state index in [1.165, 1.54) is 0 Å². The number of carboxylic acids is 4. The van der Waals surface area contributed by atoms with Crippen molar-refractivity contribution in [3.8, 4) is 5.75 Å². The maximum Gasteiger partial charge on any atom is 0.310 e. The van der Waals surface area contributed by atoms with Crippen molar-refractivity contribution in [3.05, 3.63) is 52.8 Å². The summed E-state index contributed by atoms with van der Waals surface area (Å²) in [6.07, 6.45) is 21.5. The Balaban J connectivity index is 1.35. The molecule has 0 radical (unpaired) electrons. The number of hydrogen-bond donors (Lipinski definition) is 6. The molecule has 4 rings (SSSR count). The largest absolute Gasteiger partial charge is 0.508 e. The van der Waals surface area contributed by atoms with E-state index in [2.05, 4.69) is 13.0 Å². The molecule has 0 saturated heterocycles. The third-order valence-electron chi connectivity index (χ3n) is 14.0. The molecule has 4 atom stereocenters. The summed E-state index contributed by atoms with van der Waals surface area (Å²) in [5.41, 5.74) is -0.434. The highest BCUT2D eigenvalue weighted by Crippen LogP contribution is 2.64. The van der Waals surface area contributed by atoms with Crippen molar-refractivity contribution in [2.45, 2.75) is 175 Å². The molecule has 2 saturated carbocycles. The minimum Gasteiger partial charge on any atom is -0.508 e. The lowest BCUT2D eigenvalue weighted by atomic mass is 9.68. The van der Waals surface area contributed by atoms with Crippen molar-refractivity contribution in [2.75, 3.05) is 0 Å². The molecule has 10 heteroatoms. The first-order chi connectivity index (χ1) is 26.7. The Morgan fingerprint density at radius 3 is 1.81 bits per heavy atom. The average molecular weight is 795 g/mol. The van der Waals surface area contributed by atoms with Gasteiger partial charge in [0, 0.05) is 5.92 Å². The number of hydrogen-bond acceptors (Lipinski definition) is 6. The first kappa shape index (κ1) is 45.9. The topological polar surface area (TPSA) is 190 Å². The van der Waals surface area contributed by atoms with Crippen molar-refractivity contribution >= 4 is 23.9 Å². The van der Waals surface area contributed by atoms with Gasteiger partial charge in [-0.15, -0.1) is 0 Å². The molecular formula is C47H70O10. The van der Waals surface area contributed by atoms with Gasteiger partial charge >= 0.3 is 23.9 Å². The molecule has 0 bridgehead atoms. The Morgan fingerprint density at radius 1 is 0.684 bits per heavy atom. The van der Waals surface area contributed by atoms with Gasteiger partial charge in [0.2, 0.25) is 0 Å². The fraction of sp³-hybridized carbons (Fsp3) is 0.702. The lowest BCUT2D eigenvalue weighted by molar-refractivity contribution is -0.148. The van der Waals surface area contributed by atoms with E-state index in [0.717, 1.165) is 107 Å². The first-order valence-electron chi connectivity index (χ1n) is 21.6. The molecule has 318 valence electrons. The number of benzene rings is 1. The second-order valence-corrected chi connectivity index (χ2v) is 19.5. The molecule has 2 fully saturated rings. The smallest absolute Gasteiger partial charge is 0.310 e. The van der Waals surface area contributed by atoms with Gasteiger partial charge in [0.15, 0.2) is 0 Å². The van der Waals surface area contributed by atoms with Gasteiger partial charge in [-0.2, -0.15) is 0 Å². The molecule has 0 aliphatic heterocycles. The van der Waals surface area contributed by atoms with Crippen LogP contribution < -0.4 is 0 Å². The molecular weight excluding hydrogens is 725 g/mol. The summed E-state index contributed by atoms with van der Waals surface area (Å²) < 4.78 is 0. The van der Waals surface area contributed by atoms with Crippen molar-refractivity contribution < 1.29 is 49.8 Å². The Hall–Kier alpha value is -3.82. The molecule has 3 aliphatic rings. The Morgan fingerprint density at radius 2 is 1.23 bits per heavy atom. The zero-order valence-electron chi connectivity index (χ0n) is 35.2. The second-order valence-electron chi connectivity index (χ2n) is 19.5. The van der Waals surface area contributed by atoms with Crippen LogP contribution >= 0.6 is 0 Å². The van der Waals surface area contributed by atoms with Crippen molar-refractivity contribution in [1.82, 2.24) is 0 Å². The van der Waals surface area contributed by atoms with Crippen LogP contribution in [0.1, 0.15) is 179 Å². The first-order valence-corrected chi connectivity index (χ1v) is 21.6. The molecule has 6 N–H and O–H groups in total. The second kappa shape index (κ2) is 18.8. The summed E-state index contributed by atoms with van der Waals surface area (Å²) in [7, 11) is 0. The monoisotopic (exact) mass is 794 g/mol. The third kappa shape index (κ3) is 11.9. The standard InChI is InChI=1S/C47H70O10/c1-43(2,39(50)51)20-14-9-17-32-28-36(38(49)29-33(32)16-8-6-12-23-46(26-27-46)41(54)55)37-31-47(37,42(56)57)24-13-7-11-22-45(5)25-19-35(48)30-34(45)18-10-15-21-44(3,4)40(52)53/h19,25,28-30,34,37,48-49H,6-18,20-24,26-27,31H2,1-5H3,(H,50,51)(H,52,53)(H,54,55)(H,56,57). The number of allylic oxidation sites excluding steroid dienone is 3. The number of aromatic hydroxyl groups is 1. The number of carboxylic acid groups (broad SMARTS) is 4. The van der Waals surface area contributed by atoms with Crippen molar-refractivity contribution in [1.29, 1.82) is 0 Å². The molecule has 1 aromatic carbocycles. The predicted octanol–water partition coefficient (Wildman–Crippen LogP) is 11.0. The molecule has 10 nitrogen and oxygen atoms in total. The number of phenolic OH excluding ortho intramolecular Hbond substituents is 1. The van der Waals surface area contributed by atoms with Crippen LogP contribution in [0, 0.1) is 33.0 Å². The van der Waals surface area contributed by atoms with Crippen LogP contribution in [-0.2, 0) is 32.0 Å². The van der Waals surface area contributed by atoms with Gasteiger partial charge in [-0.1, -0.05) is 70.4 Å². The number of rotatable bonds is 27. The molecule has 0 aromatic heterocycles. The van der Waals surface area contributed by atoms with E-state index in [-0.39, 0.29) is 28.8 Å². The Kier molecular flexibility index (Phi) is 15.2. The summed E-state index contributed by atoms with van der Waals surface area (Å²) in [6, 6.07) is 3.82. The third-order valence-corrected chi connectivity index (χ3v) is 14.0. The number of aryl methyl sites for hydroxylation is 2. The molecule has 3 aliphatic carbocycles. The van der Waals surface area contributed by atoms with Crippen LogP contribution in [-0.4, -0.2) is 54.5 Å². The van der Waals surface area contributed by atoms with E-state index in [1.54, 1.807) is 33.8 Å². The van der Waals surface area contributed by atoms with Crippen LogP contribution in [0.5, 0.6) is 5.75 Å². The predicted molar refractivity (Wildman–Crippen MR) is 220 cm³/mol. The summed E-state index contributed by atoms with van der Waals surface area (Å²) in [5, 5.41) is 60.7. The quantitative estimate of drug-likeness (QED) is 0.0467. The molecule has 0 amide bonds. The van der Waals surface area contributed by atoms with Gasteiger partial charge in [0.1, 0.15) is 11.5 Å². The number of aliphatic hydroxyl groups excluding tert-OH is 1. The van der Waals surface area contributed by atoms with E-state index in [0.29, 0.717) is 44.1 Å². The zero-order valence-corrected chi connectivity index (χ0v) is 35.2. The van der Waals surface area contributed by atoms with Crippen LogP contribution in [0.25, 0.3) is 0 Å². The summed E-state index contributed by atoms with van der Waals surface area (Å²) in [5.74, 6) is -2.92. The van der Waals surface area contributed by atoms with Crippen LogP contribution in [0.15, 0.2) is 36.1 Å². The highest BCUT2D eigenvalue weighted by molar-refractivity contribution is 5.81. The molecule has 0 spiro atoms. The Labute approximate surface area is 339 Å². The van der Waals surface area contributed by atoms with Crippen LogP contribution in [0.2, 0.25) is 0 Å². The lowest BCUT2D eigenvalue weighted by Crippen LogP contribution is -2.27. The normalized spacial score (nSPS) is 23.8. The minimum absolute atomic E-state index is 0.127. The van der Waals surface area contributed by atoms with Gasteiger partial charge in [-0.05, 0) is 157 Å². The zero-order chi connectivity index (χ0) is 42.2. The highest BCUT2D eigenvalue weighted by Gasteiger charge is 2.61. The van der Waals surface area contributed by atoms with Gasteiger partial charge in [0.05, 0.1) is 21.7 Å². The maximum absolute atomic E-state index is 12.8. The van der Waals surface area contributed by atoms with Crippen molar-refractivity contribution in [3.63, 3.8) is 0 Å².